The summed E-state index contributed by atoms with van der Waals surface area (Å²) in [6.07, 6.45) is 4.89. The average Bonchev–Trinajstić information content (AvgIpc) is 2.63. The number of amidine groups is 1. The highest BCUT2D eigenvalue weighted by atomic mass is 32.2. The summed E-state index contributed by atoms with van der Waals surface area (Å²) < 4.78 is 5.64. The van der Waals surface area contributed by atoms with Crippen LogP contribution < -0.4 is 10.1 Å². The van der Waals surface area contributed by atoms with Crippen LogP contribution in [-0.4, -0.2) is 35.0 Å². The van der Waals surface area contributed by atoms with Gasteiger partial charge in [0.05, 0.1) is 18.0 Å². The van der Waals surface area contributed by atoms with Crippen molar-refractivity contribution in [1.29, 1.82) is 0 Å². The molecule has 6 heteroatoms. The molecule has 0 unspecified atom stereocenters. The maximum absolute atomic E-state index is 13.3. The monoisotopic (exact) mass is 399 g/mol. The minimum Gasteiger partial charge on any atom is -0.492 e. The Morgan fingerprint density at radius 3 is 2.68 bits per heavy atom. The fourth-order valence-electron chi connectivity index (χ4n) is 2.64. The Labute approximate surface area is 172 Å². The zero-order valence-corrected chi connectivity index (χ0v) is 17.9. The molecule has 2 rings (SSSR count). The largest absolute Gasteiger partial charge is 0.492 e. The number of nitrogens with one attached hydrogen (secondary N) is 1. The van der Waals surface area contributed by atoms with Crippen molar-refractivity contribution in [2.75, 3.05) is 24.2 Å². The number of allylic oxidation sites excluding steroid dienone is 4. The van der Waals surface area contributed by atoms with Gasteiger partial charge in [0, 0.05) is 12.3 Å². The van der Waals surface area contributed by atoms with Crippen LogP contribution in [0.5, 0.6) is 5.75 Å². The Bertz CT molecular complexity index is 808. The van der Waals surface area contributed by atoms with E-state index in [2.05, 4.69) is 16.9 Å². The van der Waals surface area contributed by atoms with Crippen molar-refractivity contribution in [1.82, 2.24) is 4.90 Å². The molecule has 28 heavy (non-hydrogen) atoms. The van der Waals surface area contributed by atoms with E-state index < -0.39 is 0 Å². The fraction of sp³-hybridized carbons (Fsp3) is 0.364. The van der Waals surface area contributed by atoms with Gasteiger partial charge >= 0.3 is 6.03 Å². The van der Waals surface area contributed by atoms with Gasteiger partial charge in [0.2, 0.25) is 0 Å². The highest BCUT2D eigenvalue weighted by Crippen LogP contribution is 2.27. The van der Waals surface area contributed by atoms with Crippen LogP contribution in [0.1, 0.15) is 34.1 Å². The first-order valence-corrected chi connectivity index (χ1v) is 10.4. The second-order valence-corrected chi connectivity index (χ2v) is 7.76. The Morgan fingerprint density at radius 2 is 2.07 bits per heavy atom. The molecule has 1 N–H and O–H groups in total. The minimum atomic E-state index is -0.273. The number of hydrogen-bond acceptors (Lipinski definition) is 4. The Morgan fingerprint density at radius 1 is 1.32 bits per heavy atom. The lowest BCUT2D eigenvalue weighted by molar-refractivity contribution is 0.241. The van der Waals surface area contributed by atoms with Crippen LogP contribution in [0.3, 0.4) is 0 Å². The van der Waals surface area contributed by atoms with Crippen LogP contribution in [0, 0.1) is 0 Å². The molecule has 0 fully saturated rings. The van der Waals surface area contributed by atoms with Crippen LogP contribution in [0.15, 0.2) is 64.8 Å². The lowest BCUT2D eigenvalue weighted by Crippen LogP contribution is -2.38. The number of carbonyl (C=O) groups excluding carboxylic acids is 1. The molecule has 0 spiro atoms. The third kappa shape index (κ3) is 6.30. The predicted molar refractivity (Wildman–Crippen MR) is 120 cm³/mol. The van der Waals surface area contributed by atoms with E-state index in [1.165, 1.54) is 0 Å². The number of thioether (sulfide) groups is 1. The maximum Gasteiger partial charge on any atom is 0.332 e. The Hall–Kier alpha value is -2.47. The van der Waals surface area contributed by atoms with E-state index in [0.717, 1.165) is 35.6 Å². The van der Waals surface area contributed by atoms with Gasteiger partial charge in [-0.05, 0) is 58.4 Å². The van der Waals surface area contributed by atoms with E-state index in [1.54, 1.807) is 16.7 Å². The highest BCUT2D eigenvalue weighted by molar-refractivity contribution is 8.13. The molecule has 0 aromatic heterocycles. The van der Waals surface area contributed by atoms with Gasteiger partial charge in [0.25, 0.3) is 0 Å². The number of carbonyl (C=O) groups is 1. The zero-order valence-electron chi connectivity index (χ0n) is 17.1. The molecule has 0 atom stereocenters. The van der Waals surface area contributed by atoms with E-state index in [1.807, 2.05) is 64.1 Å². The molecule has 1 heterocycles. The normalized spacial score (nSPS) is 14.0. The van der Waals surface area contributed by atoms with E-state index in [9.17, 15) is 4.79 Å². The predicted octanol–water partition coefficient (Wildman–Crippen LogP) is 5.84. The second-order valence-electron chi connectivity index (χ2n) is 6.70. The molecule has 5 nitrogen and oxygen atoms in total. The summed E-state index contributed by atoms with van der Waals surface area (Å²) in [5.41, 5.74) is 3.32. The van der Waals surface area contributed by atoms with Crippen molar-refractivity contribution < 1.29 is 9.53 Å². The smallest absolute Gasteiger partial charge is 0.332 e. The van der Waals surface area contributed by atoms with Crippen molar-refractivity contribution in [2.45, 2.75) is 34.1 Å². The summed E-state index contributed by atoms with van der Waals surface area (Å²) in [4.78, 5) is 19.6. The number of amides is 2. The van der Waals surface area contributed by atoms with E-state index in [0.29, 0.717) is 23.2 Å². The van der Waals surface area contributed by atoms with Gasteiger partial charge in [-0.25, -0.2) is 9.69 Å². The van der Waals surface area contributed by atoms with E-state index in [4.69, 9.17) is 4.74 Å². The minimum absolute atomic E-state index is 0.273. The quantitative estimate of drug-likeness (QED) is 0.612. The summed E-state index contributed by atoms with van der Waals surface area (Å²) in [6.45, 7) is 13.1. The molecule has 1 aromatic carbocycles. The molecule has 150 valence electrons. The number of hydrogen-bond donors (Lipinski definition) is 1. The fourth-order valence-corrected chi connectivity index (χ4v) is 3.60. The van der Waals surface area contributed by atoms with Crippen LogP contribution in [0.4, 0.5) is 10.5 Å². The first kappa shape index (κ1) is 21.8. The number of aliphatic imine (C=N–C) groups is 1. The first-order valence-electron chi connectivity index (χ1n) is 9.44. The third-order valence-electron chi connectivity index (χ3n) is 3.69. The van der Waals surface area contributed by atoms with Crippen molar-refractivity contribution in [3.05, 3.63) is 59.8 Å². The van der Waals surface area contributed by atoms with E-state index in [-0.39, 0.29) is 6.03 Å². The average molecular weight is 400 g/mol. The number of ether oxygens (including phenoxy) is 1. The van der Waals surface area contributed by atoms with Crippen LogP contribution in [-0.2, 0) is 0 Å². The van der Waals surface area contributed by atoms with E-state index >= 15 is 0 Å². The van der Waals surface area contributed by atoms with Crippen molar-refractivity contribution >= 4 is 28.6 Å². The van der Waals surface area contributed by atoms with Crippen LogP contribution in [0.2, 0.25) is 0 Å². The van der Waals surface area contributed by atoms with Gasteiger partial charge in [-0.3, -0.25) is 4.99 Å². The number of benzene rings is 1. The topological polar surface area (TPSA) is 53.9 Å². The van der Waals surface area contributed by atoms with Gasteiger partial charge in [-0.2, -0.15) is 0 Å². The van der Waals surface area contributed by atoms with Crippen LogP contribution >= 0.6 is 11.8 Å². The zero-order chi connectivity index (χ0) is 20.5. The molecular weight excluding hydrogens is 370 g/mol. The van der Waals surface area contributed by atoms with Gasteiger partial charge in [-0.15, -0.1) is 0 Å². The van der Waals surface area contributed by atoms with Crippen molar-refractivity contribution in [3.63, 3.8) is 0 Å². The molecule has 2 amide bonds. The molecule has 0 radical (unpaired) electrons. The number of anilines is 1. The lowest BCUT2D eigenvalue weighted by Gasteiger charge is -2.27. The highest BCUT2D eigenvalue weighted by Gasteiger charge is 2.25. The standard InChI is InChI=1S/C22H29N3O2S/c1-6-27-20-11-8-7-10-19(20)24-21(26)25(22-23-12-9-13-28-22)18(14-16(2)3)15-17(4)5/h7-8,10-11,14-15H,2,6,9,12-13H2,1,3-5H3,(H,24,26). The number of para-hydroxylation sites is 2. The first-order chi connectivity index (χ1) is 13.4. The number of nitrogens with zero attached hydrogens (tertiary/aromatic N) is 2. The SMILES string of the molecule is C=C(C)C=C(C=C(C)C)N(C(=O)Nc1ccccc1OCC)C1=NCCCS1. The summed E-state index contributed by atoms with van der Waals surface area (Å²) in [5, 5.41) is 3.68. The van der Waals surface area contributed by atoms with Gasteiger partial charge in [-0.1, -0.05) is 41.6 Å². The molecule has 1 aliphatic rings. The summed E-state index contributed by atoms with van der Waals surface area (Å²) in [6, 6.07) is 7.16. The lowest BCUT2D eigenvalue weighted by atomic mass is 10.2. The van der Waals surface area contributed by atoms with Gasteiger partial charge < -0.3 is 10.1 Å². The Balaban J connectivity index is 2.44. The molecule has 1 aromatic rings. The molecule has 0 bridgehead atoms. The second kappa shape index (κ2) is 10.8. The molecule has 1 aliphatic heterocycles. The number of rotatable bonds is 6. The van der Waals surface area contributed by atoms with Crippen molar-refractivity contribution in [2.24, 2.45) is 4.99 Å². The molecule has 0 saturated carbocycles. The third-order valence-corrected chi connectivity index (χ3v) is 4.76. The van der Waals surface area contributed by atoms with Crippen LogP contribution in [0.25, 0.3) is 0 Å². The Kier molecular flexibility index (Phi) is 8.39. The van der Waals surface area contributed by atoms with Gasteiger partial charge in [0.1, 0.15) is 5.75 Å². The molecular formula is C22H29N3O2S. The maximum atomic E-state index is 13.3. The summed E-state index contributed by atoms with van der Waals surface area (Å²) in [7, 11) is 0. The summed E-state index contributed by atoms with van der Waals surface area (Å²) >= 11 is 1.59. The summed E-state index contributed by atoms with van der Waals surface area (Å²) in [5.74, 6) is 1.58. The number of urea groups is 1. The van der Waals surface area contributed by atoms with Crippen molar-refractivity contribution in [3.8, 4) is 5.75 Å². The molecule has 0 saturated heterocycles. The van der Waals surface area contributed by atoms with Gasteiger partial charge in [0.15, 0.2) is 5.17 Å². The molecule has 0 aliphatic carbocycles.